The number of halogens is 3. The number of hydrogen-bond acceptors (Lipinski definition) is 4. The minimum atomic E-state index is -3.12. The highest BCUT2D eigenvalue weighted by molar-refractivity contribution is 5.77. The third-order valence-electron chi connectivity index (χ3n) is 2.95. The maximum absolute atomic E-state index is 13.4. The highest BCUT2D eigenvalue weighted by Crippen LogP contribution is 2.30. The molecule has 2 rings (SSSR count). The lowest BCUT2D eigenvalue weighted by atomic mass is 10.1. The fourth-order valence-electron chi connectivity index (χ4n) is 1.96. The molecular formula is C12H14F3N3O2. The maximum atomic E-state index is 13.4. The van der Waals surface area contributed by atoms with Crippen LogP contribution in [0.25, 0.3) is 0 Å². The average molecular weight is 289 g/mol. The second-order valence-corrected chi connectivity index (χ2v) is 4.43. The molecule has 1 amide bonds. The van der Waals surface area contributed by atoms with Crippen molar-refractivity contribution in [2.45, 2.75) is 25.5 Å². The number of nitrogens with one attached hydrogen (secondary N) is 2. The fourth-order valence-corrected chi connectivity index (χ4v) is 1.96. The first-order chi connectivity index (χ1) is 9.45. The van der Waals surface area contributed by atoms with E-state index >= 15 is 0 Å². The van der Waals surface area contributed by atoms with Gasteiger partial charge in [0.05, 0.1) is 11.4 Å². The molecule has 1 unspecified atom stereocenters. The van der Waals surface area contributed by atoms with Crippen molar-refractivity contribution in [1.29, 1.82) is 0 Å². The SMILES string of the molecule is Nc1cc(F)c(OC(F)F)cc1NC1CCC(=O)NC1. The maximum Gasteiger partial charge on any atom is 0.387 e. The molecule has 110 valence electrons. The van der Waals surface area contributed by atoms with Gasteiger partial charge >= 0.3 is 6.61 Å². The van der Waals surface area contributed by atoms with E-state index in [1.807, 2.05) is 0 Å². The Balaban J connectivity index is 2.12. The molecule has 0 radical (unpaired) electrons. The molecule has 1 fully saturated rings. The Morgan fingerprint density at radius 3 is 2.80 bits per heavy atom. The first-order valence-corrected chi connectivity index (χ1v) is 6.03. The van der Waals surface area contributed by atoms with Gasteiger partial charge in [-0.05, 0) is 6.42 Å². The van der Waals surface area contributed by atoms with Gasteiger partial charge in [-0.3, -0.25) is 4.79 Å². The molecule has 1 atom stereocenters. The van der Waals surface area contributed by atoms with Crippen LogP contribution in [0.5, 0.6) is 5.75 Å². The second-order valence-electron chi connectivity index (χ2n) is 4.43. The third-order valence-corrected chi connectivity index (χ3v) is 2.95. The number of piperidine rings is 1. The van der Waals surface area contributed by atoms with E-state index in [4.69, 9.17) is 5.73 Å². The van der Waals surface area contributed by atoms with Gasteiger partial charge in [0.15, 0.2) is 11.6 Å². The van der Waals surface area contributed by atoms with E-state index in [0.717, 1.165) is 12.1 Å². The molecule has 5 nitrogen and oxygen atoms in total. The van der Waals surface area contributed by atoms with Crippen molar-refractivity contribution in [2.24, 2.45) is 0 Å². The van der Waals surface area contributed by atoms with Crippen LogP contribution in [0.2, 0.25) is 0 Å². The van der Waals surface area contributed by atoms with Gasteiger partial charge in [-0.25, -0.2) is 4.39 Å². The molecule has 0 saturated carbocycles. The zero-order valence-electron chi connectivity index (χ0n) is 10.5. The number of anilines is 2. The number of hydrogen-bond donors (Lipinski definition) is 3. The number of benzene rings is 1. The Morgan fingerprint density at radius 2 is 2.20 bits per heavy atom. The van der Waals surface area contributed by atoms with Gasteiger partial charge in [0.25, 0.3) is 0 Å². The van der Waals surface area contributed by atoms with Crippen LogP contribution >= 0.6 is 0 Å². The Morgan fingerprint density at radius 1 is 1.45 bits per heavy atom. The van der Waals surface area contributed by atoms with E-state index in [1.54, 1.807) is 0 Å². The fraction of sp³-hybridized carbons (Fsp3) is 0.417. The van der Waals surface area contributed by atoms with Gasteiger partial charge in [-0.15, -0.1) is 0 Å². The summed E-state index contributed by atoms with van der Waals surface area (Å²) >= 11 is 0. The number of carbonyl (C=O) groups excluding carboxylic acids is 1. The Kier molecular flexibility index (Phi) is 4.21. The monoisotopic (exact) mass is 289 g/mol. The van der Waals surface area contributed by atoms with E-state index in [1.165, 1.54) is 0 Å². The van der Waals surface area contributed by atoms with Crippen molar-refractivity contribution < 1.29 is 22.7 Å². The standard InChI is InChI=1S/C12H14F3N3O2/c13-7-3-8(16)9(4-10(7)20-12(14)15)18-6-1-2-11(19)17-5-6/h3-4,6,12,18H,1-2,5,16H2,(H,17,19). The lowest BCUT2D eigenvalue weighted by molar-refractivity contribution is -0.122. The summed E-state index contributed by atoms with van der Waals surface area (Å²) in [5.41, 5.74) is 6.01. The van der Waals surface area contributed by atoms with Gasteiger partial charge < -0.3 is 21.1 Å². The number of nitrogen functional groups attached to an aromatic ring is 1. The van der Waals surface area contributed by atoms with Crippen molar-refractivity contribution in [1.82, 2.24) is 5.32 Å². The number of ether oxygens (including phenoxy) is 1. The van der Waals surface area contributed by atoms with Crippen molar-refractivity contribution in [3.05, 3.63) is 17.9 Å². The first-order valence-electron chi connectivity index (χ1n) is 6.03. The van der Waals surface area contributed by atoms with Gasteiger partial charge in [0.1, 0.15) is 0 Å². The quantitative estimate of drug-likeness (QED) is 0.737. The molecule has 1 heterocycles. The molecule has 0 aliphatic carbocycles. The lowest BCUT2D eigenvalue weighted by Gasteiger charge is -2.25. The highest BCUT2D eigenvalue weighted by Gasteiger charge is 2.20. The number of nitrogens with two attached hydrogens (primary N) is 1. The van der Waals surface area contributed by atoms with E-state index in [-0.39, 0.29) is 17.6 Å². The van der Waals surface area contributed by atoms with Gasteiger partial charge in [0, 0.05) is 31.1 Å². The zero-order chi connectivity index (χ0) is 14.7. The Hall–Kier alpha value is -2.12. The topological polar surface area (TPSA) is 76.4 Å². The Labute approximate surface area is 113 Å². The van der Waals surface area contributed by atoms with Crippen LogP contribution in [0.1, 0.15) is 12.8 Å². The molecule has 0 spiro atoms. The minimum Gasteiger partial charge on any atom is -0.432 e. The molecule has 1 aromatic rings. The number of alkyl halides is 2. The van der Waals surface area contributed by atoms with E-state index < -0.39 is 18.2 Å². The second kappa shape index (κ2) is 5.89. The average Bonchev–Trinajstić information content (AvgIpc) is 2.37. The van der Waals surface area contributed by atoms with E-state index in [9.17, 15) is 18.0 Å². The molecule has 1 aliphatic heterocycles. The minimum absolute atomic E-state index is 0.0446. The van der Waals surface area contributed by atoms with Crippen molar-refractivity contribution in [3.8, 4) is 5.75 Å². The lowest BCUT2D eigenvalue weighted by Crippen LogP contribution is -2.42. The summed E-state index contributed by atoms with van der Waals surface area (Å²) in [7, 11) is 0. The van der Waals surface area contributed by atoms with Crippen LogP contribution < -0.4 is 21.1 Å². The summed E-state index contributed by atoms with van der Waals surface area (Å²) in [5.74, 6) is -1.57. The number of carbonyl (C=O) groups is 1. The molecule has 4 N–H and O–H groups in total. The van der Waals surface area contributed by atoms with Gasteiger partial charge in [-0.1, -0.05) is 0 Å². The summed E-state index contributed by atoms with van der Waals surface area (Å²) < 4.78 is 41.8. The molecule has 1 saturated heterocycles. The zero-order valence-corrected chi connectivity index (χ0v) is 10.5. The third kappa shape index (κ3) is 3.46. The predicted molar refractivity (Wildman–Crippen MR) is 67.1 cm³/mol. The van der Waals surface area contributed by atoms with Crippen LogP contribution in [0.4, 0.5) is 24.5 Å². The van der Waals surface area contributed by atoms with Crippen molar-refractivity contribution in [2.75, 3.05) is 17.6 Å². The number of amides is 1. The summed E-state index contributed by atoms with van der Waals surface area (Å²) in [6.45, 7) is -2.73. The van der Waals surface area contributed by atoms with E-state index in [0.29, 0.717) is 25.1 Å². The molecule has 1 aromatic carbocycles. The smallest absolute Gasteiger partial charge is 0.387 e. The van der Waals surface area contributed by atoms with Crippen molar-refractivity contribution >= 4 is 17.3 Å². The molecular weight excluding hydrogens is 275 g/mol. The van der Waals surface area contributed by atoms with Crippen LogP contribution in [-0.2, 0) is 4.79 Å². The predicted octanol–water partition coefficient (Wildman–Crippen LogP) is 1.70. The largest absolute Gasteiger partial charge is 0.432 e. The number of rotatable bonds is 4. The van der Waals surface area contributed by atoms with E-state index in [2.05, 4.69) is 15.4 Å². The molecule has 8 heteroatoms. The summed E-state index contributed by atoms with van der Waals surface area (Å²) in [5, 5.41) is 5.64. The molecule has 0 aromatic heterocycles. The molecule has 1 aliphatic rings. The summed E-state index contributed by atoms with van der Waals surface area (Å²) in [6, 6.07) is 1.91. The van der Waals surface area contributed by atoms with Crippen LogP contribution in [0.15, 0.2) is 12.1 Å². The van der Waals surface area contributed by atoms with Gasteiger partial charge in [-0.2, -0.15) is 8.78 Å². The van der Waals surface area contributed by atoms with Crippen LogP contribution in [0.3, 0.4) is 0 Å². The normalized spacial score (nSPS) is 18.8. The van der Waals surface area contributed by atoms with Crippen LogP contribution in [0, 0.1) is 5.82 Å². The Bertz CT molecular complexity index is 501. The summed E-state index contributed by atoms with van der Waals surface area (Å²) in [6.07, 6.45) is 0.937. The first kappa shape index (κ1) is 14.3. The van der Waals surface area contributed by atoms with Crippen molar-refractivity contribution in [3.63, 3.8) is 0 Å². The highest BCUT2D eigenvalue weighted by atomic mass is 19.3. The molecule has 0 bridgehead atoms. The van der Waals surface area contributed by atoms with Crippen LogP contribution in [-0.4, -0.2) is 25.1 Å². The summed E-state index contributed by atoms with van der Waals surface area (Å²) in [4.78, 5) is 11.0. The molecule has 20 heavy (non-hydrogen) atoms. The van der Waals surface area contributed by atoms with Gasteiger partial charge in [0.2, 0.25) is 5.91 Å².